The first-order valence-electron chi connectivity index (χ1n) is 4.19. The van der Waals surface area contributed by atoms with Gasteiger partial charge in [-0.15, -0.1) is 0 Å². The highest BCUT2D eigenvalue weighted by Crippen LogP contribution is 2.27. The largest absolute Gasteiger partial charge is 0.481 e. The molecule has 0 saturated carbocycles. The number of carbonyl (C=O) groups is 1. The standard InChI is InChI=1S/C9H7BrFNO4/c10-4-6-5(3-9(13)14)7(11)1-2-8(6)12(15)16/h1-2H,3-4H2,(H,13,14). The Balaban J connectivity index is 3.37. The van der Waals surface area contributed by atoms with Crippen LogP contribution in [0.25, 0.3) is 0 Å². The third-order valence-corrected chi connectivity index (χ3v) is 2.57. The summed E-state index contributed by atoms with van der Waals surface area (Å²) >= 11 is 2.99. The van der Waals surface area contributed by atoms with Crippen LogP contribution in [0, 0.1) is 15.9 Å². The highest BCUT2D eigenvalue weighted by Gasteiger charge is 2.21. The van der Waals surface area contributed by atoms with Crippen molar-refractivity contribution in [2.45, 2.75) is 11.8 Å². The molecule has 0 aliphatic carbocycles. The van der Waals surface area contributed by atoms with Gasteiger partial charge in [-0.05, 0) is 6.07 Å². The zero-order chi connectivity index (χ0) is 12.3. The molecule has 0 saturated heterocycles. The zero-order valence-corrected chi connectivity index (χ0v) is 9.53. The Morgan fingerprint density at radius 1 is 1.50 bits per heavy atom. The van der Waals surface area contributed by atoms with Crippen LogP contribution in [0.15, 0.2) is 12.1 Å². The van der Waals surface area contributed by atoms with Gasteiger partial charge in [0.25, 0.3) is 5.69 Å². The molecule has 0 fully saturated rings. The Bertz CT molecular complexity index is 449. The summed E-state index contributed by atoms with van der Waals surface area (Å²) in [5.41, 5.74) is -0.375. The van der Waals surface area contributed by atoms with Gasteiger partial charge in [-0.25, -0.2) is 4.39 Å². The molecule has 5 nitrogen and oxygen atoms in total. The second kappa shape index (κ2) is 5.02. The molecule has 1 rings (SSSR count). The number of hydrogen-bond donors (Lipinski definition) is 1. The van der Waals surface area contributed by atoms with E-state index < -0.39 is 23.1 Å². The van der Waals surface area contributed by atoms with Gasteiger partial charge in [-0.3, -0.25) is 14.9 Å². The zero-order valence-electron chi connectivity index (χ0n) is 7.94. The first-order valence-corrected chi connectivity index (χ1v) is 5.32. The lowest BCUT2D eigenvalue weighted by molar-refractivity contribution is -0.385. The third kappa shape index (κ3) is 2.54. The van der Waals surface area contributed by atoms with E-state index in [1.165, 1.54) is 0 Å². The van der Waals surface area contributed by atoms with Crippen LogP contribution in [0.4, 0.5) is 10.1 Å². The number of benzene rings is 1. The molecule has 16 heavy (non-hydrogen) atoms. The fourth-order valence-electron chi connectivity index (χ4n) is 1.31. The molecule has 7 heteroatoms. The van der Waals surface area contributed by atoms with Crippen molar-refractivity contribution in [1.82, 2.24) is 0 Å². The average molecular weight is 292 g/mol. The number of nitrogens with zero attached hydrogens (tertiary/aromatic N) is 1. The van der Waals surface area contributed by atoms with Gasteiger partial charge in [0, 0.05) is 22.5 Å². The molecule has 0 atom stereocenters. The summed E-state index contributed by atoms with van der Waals surface area (Å²) in [6.07, 6.45) is -0.575. The predicted octanol–water partition coefficient (Wildman–Crippen LogP) is 2.26. The average Bonchev–Trinajstić information content (AvgIpc) is 2.19. The van der Waals surface area contributed by atoms with Crippen LogP contribution in [0.5, 0.6) is 0 Å². The van der Waals surface area contributed by atoms with Gasteiger partial charge in [-0.1, -0.05) is 15.9 Å². The Hall–Kier alpha value is -1.50. The van der Waals surface area contributed by atoms with Crippen LogP contribution < -0.4 is 0 Å². The first-order chi connectivity index (χ1) is 7.47. The van der Waals surface area contributed by atoms with Gasteiger partial charge in [0.15, 0.2) is 0 Å². The van der Waals surface area contributed by atoms with E-state index in [1.54, 1.807) is 0 Å². The van der Waals surface area contributed by atoms with Gasteiger partial charge in [-0.2, -0.15) is 0 Å². The van der Waals surface area contributed by atoms with Crippen LogP contribution in [-0.2, 0) is 16.5 Å². The number of aliphatic carboxylic acids is 1. The van der Waals surface area contributed by atoms with Crippen LogP contribution in [0.2, 0.25) is 0 Å². The van der Waals surface area contributed by atoms with Crippen molar-refractivity contribution in [3.05, 3.63) is 39.2 Å². The Morgan fingerprint density at radius 3 is 2.56 bits per heavy atom. The number of alkyl halides is 1. The van der Waals surface area contributed by atoms with E-state index in [0.717, 1.165) is 12.1 Å². The van der Waals surface area contributed by atoms with E-state index >= 15 is 0 Å². The predicted molar refractivity (Wildman–Crippen MR) is 57.0 cm³/mol. The highest BCUT2D eigenvalue weighted by molar-refractivity contribution is 9.08. The number of nitro benzene ring substituents is 1. The fourth-order valence-corrected chi connectivity index (χ4v) is 1.94. The topological polar surface area (TPSA) is 80.4 Å². The summed E-state index contributed by atoms with van der Waals surface area (Å²) in [5.74, 6) is -1.98. The summed E-state index contributed by atoms with van der Waals surface area (Å²) in [4.78, 5) is 20.5. The van der Waals surface area contributed by atoms with Gasteiger partial charge in [0.2, 0.25) is 0 Å². The number of carboxylic acid groups (broad SMARTS) is 1. The molecular formula is C9H7BrFNO4. The van der Waals surface area contributed by atoms with Crippen molar-refractivity contribution < 1.29 is 19.2 Å². The van der Waals surface area contributed by atoms with E-state index in [4.69, 9.17) is 5.11 Å². The molecular weight excluding hydrogens is 285 g/mol. The molecule has 1 aromatic carbocycles. The molecule has 0 heterocycles. The maximum atomic E-state index is 13.3. The molecule has 1 N–H and O–H groups in total. The quantitative estimate of drug-likeness (QED) is 0.524. The molecule has 0 amide bonds. The minimum absolute atomic E-state index is 0.0314. The number of halogens is 2. The molecule has 86 valence electrons. The van der Waals surface area contributed by atoms with Crippen LogP contribution in [0.3, 0.4) is 0 Å². The molecule has 0 aromatic heterocycles. The Morgan fingerprint density at radius 2 is 2.12 bits per heavy atom. The number of nitro groups is 1. The molecule has 0 aliphatic heterocycles. The SMILES string of the molecule is O=C(O)Cc1c(F)ccc([N+](=O)[O-])c1CBr. The van der Waals surface area contributed by atoms with Crippen LogP contribution in [0.1, 0.15) is 11.1 Å². The van der Waals surface area contributed by atoms with Gasteiger partial charge >= 0.3 is 5.97 Å². The smallest absolute Gasteiger partial charge is 0.307 e. The maximum Gasteiger partial charge on any atom is 0.307 e. The van der Waals surface area contributed by atoms with Gasteiger partial charge < -0.3 is 5.11 Å². The van der Waals surface area contributed by atoms with Crippen molar-refractivity contribution in [2.75, 3.05) is 0 Å². The summed E-state index contributed by atoms with van der Waals surface area (Å²) in [7, 11) is 0. The Labute approximate surface area is 98.2 Å². The second-order valence-corrected chi connectivity index (χ2v) is 3.55. The van der Waals surface area contributed by atoms with Crippen LogP contribution >= 0.6 is 15.9 Å². The number of hydrogen-bond acceptors (Lipinski definition) is 3. The normalized spacial score (nSPS) is 10.1. The monoisotopic (exact) mass is 291 g/mol. The summed E-state index contributed by atoms with van der Waals surface area (Å²) in [6, 6.07) is 1.93. The van der Waals surface area contributed by atoms with Gasteiger partial charge in [0.1, 0.15) is 5.82 Å². The minimum atomic E-state index is -1.23. The van der Waals surface area contributed by atoms with Crippen molar-refractivity contribution in [1.29, 1.82) is 0 Å². The third-order valence-electron chi connectivity index (χ3n) is 2.01. The molecule has 0 bridgehead atoms. The van der Waals surface area contributed by atoms with E-state index in [1.807, 2.05) is 0 Å². The lowest BCUT2D eigenvalue weighted by Gasteiger charge is -2.06. The minimum Gasteiger partial charge on any atom is -0.481 e. The molecule has 0 aliphatic rings. The summed E-state index contributed by atoms with van der Waals surface area (Å²) in [6.45, 7) is 0. The van der Waals surface area contributed by atoms with Crippen molar-refractivity contribution >= 4 is 27.6 Å². The lowest BCUT2D eigenvalue weighted by Crippen LogP contribution is -2.07. The van der Waals surface area contributed by atoms with E-state index in [2.05, 4.69) is 15.9 Å². The fraction of sp³-hybridized carbons (Fsp3) is 0.222. The van der Waals surface area contributed by atoms with Crippen molar-refractivity contribution in [3.8, 4) is 0 Å². The van der Waals surface area contributed by atoms with E-state index in [9.17, 15) is 19.3 Å². The van der Waals surface area contributed by atoms with Crippen molar-refractivity contribution in [3.63, 3.8) is 0 Å². The number of rotatable bonds is 4. The van der Waals surface area contributed by atoms with Crippen LogP contribution in [-0.4, -0.2) is 16.0 Å². The number of carboxylic acids is 1. The van der Waals surface area contributed by atoms with E-state index in [0.29, 0.717) is 0 Å². The summed E-state index contributed by atoms with van der Waals surface area (Å²) in [5, 5.41) is 19.3. The molecule has 0 radical (unpaired) electrons. The second-order valence-electron chi connectivity index (χ2n) is 2.98. The maximum absolute atomic E-state index is 13.3. The van der Waals surface area contributed by atoms with E-state index in [-0.39, 0.29) is 22.1 Å². The van der Waals surface area contributed by atoms with Gasteiger partial charge in [0.05, 0.1) is 11.3 Å². The molecule has 0 unspecified atom stereocenters. The lowest BCUT2D eigenvalue weighted by atomic mass is 10.0. The first kappa shape index (κ1) is 12.6. The van der Waals surface area contributed by atoms with Crippen molar-refractivity contribution in [2.24, 2.45) is 0 Å². The molecule has 1 aromatic rings. The summed E-state index contributed by atoms with van der Waals surface area (Å²) < 4.78 is 13.3. The highest BCUT2D eigenvalue weighted by atomic mass is 79.9. The Kier molecular flexibility index (Phi) is 3.94. The molecule has 0 spiro atoms.